The van der Waals surface area contributed by atoms with E-state index in [9.17, 15) is 9.18 Å². The predicted molar refractivity (Wildman–Crippen MR) is 104 cm³/mol. The summed E-state index contributed by atoms with van der Waals surface area (Å²) in [5, 5.41) is 11.2. The SMILES string of the molecule is O=C(NCC1(N2CCCCC2)CCCC1)c1cn(Cc2ccc(F)cc2)nn1. The molecule has 1 amide bonds. The summed E-state index contributed by atoms with van der Waals surface area (Å²) in [5.74, 6) is -0.439. The van der Waals surface area contributed by atoms with Crippen molar-refractivity contribution in [2.45, 2.75) is 57.0 Å². The third kappa shape index (κ3) is 4.24. The summed E-state index contributed by atoms with van der Waals surface area (Å²) in [6.07, 6.45) is 10.3. The molecule has 7 heteroatoms. The zero-order valence-electron chi connectivity index (χ0n) is 16.2. The van der Waals surface area contributed by atoms with E-state index in [4.69, 9.17) is 0 Å². The number of hydrogen-bond acceptors (Lipinski definition) is 4. The number of halogens is 1. The number of carbonyl (C=O) groups is 1. The second-order valence-corrected chi connectivity index (χ2v) is 8.09. The molecule has 1 aromatic carbocycles. The minimum Gasteiger partial charge on any atom is -0.349 e. The van der Waals surface area contributed by atoms with Crippen LogP contribution in [0.3, 0.4) is 0 Å². The van der Waals surface area contributed by atoms with Crippen molar-refractivity contribution in [2.24, 2.45) is 0 Å². The molecule has 0 radical (unpaired) electrons. The first-order chi connectivity index (χ1) is 13.6. The largest absolute Gasteiger partial charge is 0.349 e. The molecule has 0 atom stereocenters. The third-order valence-electron chi connectivity index (χ3n) is 6.17. The lowest BCUT2D eigenvalue weighted by Gasteiger charge is -2.43. The Kier molecular flexibility index (Phi) is 5.71. The molecule has 2 fully saturated rings. The molecule has 2 aromatic rings. The van der Waals surface area contributed by atoms with Gasteiger partial charge in [-0.2, -0.15) is 0 Å². The number of hydrogen-bond donors (Lipinski definition) is 1. The second-order valence-electron chi connectivity index (χ2n) is 8.09. The zero-order valence-corrected chi connectivity index (χ0v) is 16.2. The molecule has 4 rings (SSSR count). The van der Waals surface area contributed by atoms with Crippen LogP contribution >= 0.6 is 0 Å². The van der Waals surface area contributed by atoms with Crippen LogP contribution in [0.1, 0.15) is 61.0 Å². The molecule has 28 heavy (non-hydrogen) atoms. The van der Waals surface area contributed by atoms with Crippen molar-refractivity contribution in [3.8, 4) is 0 Å². The average molecular weight is 385 g/mol. The third-order valence-corrected chi connectivity index (χ3v) is 6.17. The van der Waals surface area contributed by atoms with Crippen LogP contribution in [-0.2, 0) is 6.54 Å². The monoisotopic (exact) mass is 385 g/mol. The maximum Gasteiger partial charge on any atom is 0.273 e. The number of likely N-dealkylation sites (tertiary alicyclic amines) is 1. The van der Waals surface area contributed by atoms with Crippen LogP contribution in [0.15, 0.2) is 30.5 Å². The standard InChI is InChI=1S/C21H28FN5O/c22-18-8-6-17(7-9-18)14-27-15-19(24-25-27)20(28)23-16-21(10-2-3-11-21)26-12-4-1-5-13-26/h6-9,15H,1-5,10-14,16H2,(H,23,28). The maximum absolute atomic E-state index is 13.0. The fourth-order valence-corrected chi connectivity index (χ4v) is 4.60. The summed E-state index contributed by atoms with van der Waals surface area (Å²) >= 11 is 0. The molecule has 2 aliphatic rings. The molecule has 1 aromatic heterocycles. The maximum atomic E-state index is 13.0. The molecule has 1 saturated carbocycles. The number of benzene rings is 1. The van der Waals surface area contributed by atoms with Gasteiger partial charge in [0, 0.05) is 12.1 Å². The van der Waals surface area contributed by atoms with Gasteiger partial charge < -0.3 is 5.32 Å². The number of aromatic nitrogens is 3. The van der Waals surface area contributed by atoms with Gasteiger partial charge in [0.05, 0.1) is 12.7 Å². The second kappa shape index (κ2) is 8.39. The molecule has 1 N–H and O–H groups in total. The average Bonchev–Trinajstić information content (AvgIpc) is 3.39. The van der Waals surface area contributed by atoms with Crippen LogP contribution in [0.5, 0.6) is 0 Å². The van der Waals surface area contributed by atoms with Gasteiger partial charge in [-0.05, 0) is 56.5 Å². The molecule has 2 heterocycles. The van der Waals surface area contributed by atoms with Crippen molar-refractivity contribution in [1.29, 1.82) is 0 Å². The van der Waals surface area contributed by atoms with E-state index in [1.165, 1.54) is 44.2 Å². The Labute approximate surface area is 165 Å². The lowest BCUT2D eigenvalue weighted by atomic mass is 9.92. The number of carbonyl (C=O) groups excluding carboxylic acids is 1. The summed E-state index contributed by atoms with van der Waals surface area (Å²) in [5.41, 5.74) is 1.35. The fourth-order valence-electron chi connectivity index (χ4n) is 4.60. The van der Waals surface area contributed by atoms with Crippen LogP contribution < -0.4 is 5.32 Å². The molecule has 1 aliphatic carbocycles. The first-order valence-corrected chi connectivity index (χ1v) is 10.3. The number of amides is 1. The highest BCUT2D eigenvalue weighted by molar-refractivity contribution is 5.91. The van der Waals surface area contributed by atoms with Gasteiger partial charge >= 0.3 is 0 Å². The Balaban J connectivity index is 1.36. The van der Waals surface area contributed by atoms with Crippen molar-refractivity contribution < 1.29 is 9.18 Å². The van der Waals surface area contributed by atoms with Gasteiger partial charge in [-0.3, -0.25) is 9.69 Å². The van der Waals surface area contributed by atoms with Crippen molar-refractivity contribution >= 4 is 5.91 Å². The minimum absolute atomic E-state index is 0.111. The van der Waals surface area contributed by atoms with Gasteiger partial charge in [0.1, 0.15) is 5.82 Å². The van der Waals surface area contributed by atoms with E-state index >= 15 is 0 Å². The van der Waals surface area contributed by atoms with E-state index in [1.54, 1.807) is 23.0 Å². The van der Waals surface area contributed by atoms with E-state index in [1.807, 2.05) is 0 Å². The Morgan fingerprint density at radius 3 is 2.50 bits per heavy atom. The molecule has 0 bridgehead atoms. The molecular weight excluding hydrogens is 357 g/mol. The lowest BCUT2D eigenvalue weighted by Crippen LogP contribution is -2.55. The number of rotatable bonds is 6. The minimum atomic E-state index is -0.267. The van der Waals surface area contributed by atoms with Gasteiger partial charge in [-0.15, -0.1) is 5.10 Å². The topological polar surface area (TPSA) is 63.1 Å². The summed E-state index contributed by atoms with van der Waals surface area (Å²) in [6, 6.07) is 6.25. The van der Waals surface area contributed by atoms with Crippen molar-refractivity contribution in [1.82, 2.24) is 25.2 Å². The smallest absolute Gasteiger partial charge is 0.273 e. The molecule has 150 valence electrons. The summed E-state index contributed by atoms with van der Waals surface area (Å²) in [4.78, 5) is 15.2. The van der Waals surface area contributed by atoms with Gasteiger partial charge in [0.25, 0.3) is 5.91 Å². The van der Waals surface area contributed by atoms with Crippen molar-refractivity contribution in [3.63, 3.8) is 0 Å². The Bertz CT molecular complexity index is 791. The predicted octanol–water partition coefficient (Wildman–Crippen LogP) is 2.99. The van der Waals surface area contributed by atoms with E-state index in [0.29, 0.717) is 18.8 Å². The molecule has 6 nitrogen and oxygen atoms in total. The quantitative estimate of drug-likeness (QED) is 0.830. The molecule has 0 unspecified atom stereocenters. The number of nitrogens with zero attached hydrogens (tertiary/aromatic N) is 4. The van der Waals surface area contributed by atoms with Crippen molar-refractivity contribution in [2.75, 3.05) is 19.6 Å². The fraction of sp³-hybridized carbons (Fsp3) is 0.571. The van der Waals surface area contributed by atoms with Crippen LogP contribution in [0.2, 0.25) is 0 Å². The summed E-state index contributed by atoms with van der Waals surface area (Å²) < 4.78 is 14.6. The van der Waals surface area contributed by atoms with Crippen LogP contribution in [0.4, 0.5) is 4.39 Å². The van der Waals surface area contributed by atoms with Gasteiger partial charge in [-0.1, -0.05) is 36.6 Å². The summed E-state index contributed by atoms with van der Waals surface area (Å²) in [7, 11) is 0. The highest BCUT2D eigenvalue weighted by Gasteiger charge is 2.40. The molecule has 0 spiro atoms. The van der Waals surface area contributed by atoms with Crippen LogP contribution in [0.25, 0.3) is 0 Å². The van der Waals surface area contributed by atoms with E-state index < -0.39 is 0 Å². The number of piperidine rings is 1. The highest BCUT2D eigenvalue weighted by Crippen LogP contribution is 2.36. The molecule has 1 saturated heterocycles. The Morgan fingerprint density at radius 1 is 1.07 bits per heavy atom. The lowest BCUT2D eigenvalue weighted by molar-refractivity contribution is 0.0641. The van der Waals surface area contributed by atoms with Gasteiger partial charge in [-0.25, -0.2) is 9.07 Å². The molecule has 1 aliphatic heterocycles. The van der Waals surface area contributed by atoms with Crippen LogP contribution in [0, 0.1) is 5.82 Å². The summed E-state index contributed by atoms with van der Waals surface area (Å²) in [6.45, 7) is 3.42. The Hall–Kier alpha value is -2.28. The van der Waals surface area contributed by atoms with E-state index in [-0.39, 0.29) is 17.3 Å². The number of nitrogens with one attached hydrogen (secondary N) is 1. The van der Waals surface area contributed by atoms with Crippen LogP contribution in [-0.4, -0.2) is 51.0 Å². The normalized spacial score (nSPS) is 19.6. The first-order valence-electron chi connectivity index (χ1n) is 10.3. The highest BCUT2D eigenvalue weighted by atomic mass is 19.1. The van der Waals surface area contributed by atoms with E-state index in [2.05, 4.69) is 20.5 Å². The van der Waals surface area contributed by atoms with E-state index in [0.717, 1.165) is 31.5 Å². The van der Waals surface area contributed by atoms with Gasteiger partial charge in [0.2, 0.25) is 0 Å². The van der Waals surface area contributed by atoms with Crippen molar-refractivity contribution in [3.05, 3.63) is 47.5 Å². The van der Waals surface area contributed by atoms with Gasteiger partial charge in [0.15, 0.2) is 5.69 Å². The molecular formula is C21H28FN5O. The Morgan fingerprint density at radius 2 is 1.79 bits per heavy atom. The first kappa shape index (κ1) is 19.1. The zero-order chi connectivity index (χ0) is 19.4.